The number of fused-ring (bicyclic) bond motifs is 1. The number of rotatable bonds is 5. The van der Waals surface area contributed by atoms with Crippen LogP contribution in [0.15, 0.2) is 22.8 Å². The summed E-state index contributed by atoms with van der Waals surface area (Å²) in [6.07, 6.45) is 4.94. The van der Waals surface area contributed by atoms with E-state index in [0.29, 0.717) is 19.1 Å². The molecule has 1 atom stereocenters. The molecule has 23 heavy (non-hydrogen) atoms. The van der Waals surface area contributed by atoms with Gasteiger partial charge in [0.25, 0.3) is 0 Å². The van der Waals surface area contributed by atoms with Crippen LogP contribution in [-0.4, -0.2) is 41.3 Å². The van der Waals surface area contributed by atoms with Crippen molar-refractivity contribution in [3.63, 3.8) is 0 Å². The number of likely N-dealkylation sites (N-methyl/N-ethyl adjacent to an activating group) is 2. The third-order valence-electron chi connectivity index (χ3n) is 4.34. The first-order chi connectivity index (χ1) is 11.0. The van der Waals surface area contributed by atoms with Crippen molar-refractivity contribution in [2.75, 3.05) is 20.6 Å². The van der Waals surface area contributed by atoms with E-state index in [1.54, 1.807) is 22.5 Å². The van der Waals surface area contributed by atoms with Gasteiger partial charge in [-0.3, -0.25) is 9.69 Å². The number of hydrogen-bond acceptors (Lipinski definition) is 5. The summed E-state index contributed by atoms with van der Waals surface area (Å²) in [6, 6.07) is 4.04. The number of carbonyl (C=O) groups is 1. The SMILES string of the molecule is Cc1nc2c(s1)[C@@H](N(C)CC(=O)N(C)Cc1ccco1)CCC2. The van der Waals surface area contributed by atoms with Crippen LogP contribution in [0.1, 0.15) is 40.2 Å². The van der Waals surface area contributed by atoms with E-state index >= 15 is 0 Å². The van der Waals surface area contributed by atoms with Crippen LogP contribution < -0.4 is 0 Å². The van der Waals surface area contributed by atoms with Crippen LogP contribution in [0.5, 0.6) is 0 Å². The van der Waals surface area contributed by atoms with Crippen LogP contribution in [0, 0.1) is 6.92 Å². The summed E-state index contributed by atoms with van der Waals surface area (Å²) in [5.74, 6) is 0.916. The highest BCUT2D eigenvalue weighted by Gasteiger charge is 2.28. The lowest BCUT2D eigenvalue weighted by molar-refractivity contribution is -0.132. The zero-order valence-corrected chi connectivity index (χ0v) is 14.7. The van der Waals surface area contributed by atoms with Crippen molar-refractivity contribution in [2.45, 2.75) is 38.8 Å². The minimum absolute atomic E-state index is 0.109. The van der Waals surface area contributed by atoms with Gasteiger partial charge >= 0.3 is 0 Å². The van der Waals surface area contributed by atoms with Gasteiger partial charge in [0, 0.05) is 18.0 Å². The van der Waals surface area contributed by atoms with Gasteiger partial charge in [0.2, 0.25) is 5.91 Å². The predicted octanol–water partition coefficient (Wildman–Crippen LogP) is 3.01. The largest absolute Gasteiger partial charge is 0.467 e. The summed E-state index contributed by atoms with van der Waals surface area (Å²) in [5, 5.41) is 1.12. The lowest BCUT2D eigenvalue weighted by Crippen LogP contribution is -2.38. The van der Waals surface area contributed by atoms with Crippen molar-refractivity contribution < 1.29 is 9.21 Å². The van der Waals surface area contributed by atoms with Crippen molar-refractivity contribution in [1.82, 2.24) is 14.8 Å². The number of aryl methyl sites for hydroxylation is 2. The van der Waals surface area contributed by atoms with Gasteiger partial charge in [0.15, 0.2) is 0 Å². The Labute approximate surface area is 140 Å². The zero-order chi connectivity index (χ0) is 16.4. The minimum atomic E-state index is 0.109. The first kappa shape index (κ1) is 16.2. The second-order valence-electron chi connectivity index (χ2n) is 6.20. The lowest BCUT2D eigenvalue weighted by atomic mass is 9.97. The molecule has 0 unspecified atom stereocenters. The first-order valence-electron chi connectivity index (χ1n) is 7.97. The number of amides is 1. The molecule has 2 aromatic rings. The Morgan fingerprint density at radius 3 is 3.04 bits per heavy atom. The molecule has 6 heteroatoms. The molecule has 1 aliphatic rings. The van der Waals surface area contributed by atoms with Gasteiger partial charge in [-0.1, -0.05) is 0 Å². The van der Waals surface area contributed by atoms with E-state index in [1.807, 2.05) is 26.2 Å². The summed E-state index contributed by atoms with van der Waals surface area (Å²) in [6.45, 7) is 2.98. The Bertz CT molecular complexity index is 665. The molecule has 3 rings (SSSR count). The molecule has 0 spiro atoms. The highest BCUT2D eigenvalue weighted by molar-refractivity contribution is 7.11. The summed E-state index contributed by atoms with van der Waals surface area (Å²) >= 11 is 1.77. The Balaban J connectivity index is 1.62. The summed E-state index contributed by atoms with van der Waals surface area (Å²) in [5.41, 5.74) is 1.23. The topological polar surface area (TPSA) is 49.6 Å². The van der Waals surface area contributed by atoms with Crippen molar-refractivity contribution in [3.8, 4) is 0 Å². The molecule has 0 N–H and O–H groups in total. The smallest absolute Gasteiger partial charge is 0.236 e. The lowest BCUT2D eigenvalue weighted by Gasteiger charge is -2.31. The van der Waals surface area contributed by atoms with Crippen LogP contribution >= 0.6 is 11.3 Å². The van der Waals surface area contributed by atoms with E-state index in [-0.39, 0.29) is 5.91 Å². The van der Waals surface area contributed by atoms with Gasteiger partial charge in [-0.15, -0.1) is 11.3 Å². The average molecular weight is 333 g/mol. The standard InChI is InChI=1S/C17H23N3O2S/c1-12-18-14-7-4-8-15(17(14)23-12)19(2)11-16(21)20(3)10-13-6-5-9-22-13/h5-6,9,15H,4,7-8,10-11H2,1-3H3/t15-/m0/s1. The van der Waals surface area contributed by atoms with Crippen molar-refractivity contribution in [1.29, 1.82) is 0 Å². The molecule has 0 saturated carbocycles. The normalized spacial score (nSPS) is 17.3. The number of carbonyl (C=O) groups excluding carboxylic acids is 1. The number of aromatic nitrogens is 1. The highest BCUT2D eigenvalue weighted by Crippen LogP contribution is 2.37. The third-order valence-corrected chi connectivity index (χ3v) is 5.46. The molecule has 0 radical (unpaired) electrons. The molecule has 0 aliphatic heterocycles. The summed E-state index contributed by atoms with van der Waals surface area (Å²) in [7, 11) is 3.86. The van der Waals surface area contributed by atoms with Crippen LogP contribution in [0.4, 0.5) is 0 Å². The first-order valence-corrected chi connectivity index (χ1v) is 8.79. The van der Waals surface area contributed by atoms with Crippen molar-refractivity contribution in [3.05, 3.63) is 39.7 Å². The molecular weight excluding hydrogens is 310 g/mol. The van der Waals surface area contributed by atoms with Gasteiger partial charge in [-0.2, -0.15) is 0 Å². The number of hydrogen-bond donors (Lipinski definition) is 0. The molecule has 0 saturated heterocycles. The van der Waals surface area contributed by atoms with Crippen LogP contribution in [0.3, 0.4) is 0 Å². The summed E-state index contributed by atoms with van der Waals surface area (Å²) in [4.78, 5) is 22.3. The van der Waals surface area contributed by atoms with Crippen LogP contribution in [0.25, 0.3) is 0 Å². The van der Waals surface area contributed by atoms with E-state index in [2.05, 4.69) is 16.8 Å². The second kappa shape index (κ2) is 6.84. The van der Waals surface area contributed by atoms with Gasteiger partial charge in [-0.05, 0) is 45.4 Å². The molecule has 0 bridgehead atoms. The molecule has 0 fully saturated rings. The van der Waals surface area contributed by atoms with Crippen molar-refractivity contribution >= 4 is 17.2 Å². The van der Waals surface area contributed by atoms with Crippen LogP contribution in [-0.2, 0) is 17.8 Å². The molecule has 1 aliphatic carbocycles. The van der Waals surface area contributed by atoms with Gasteiger partial charge in [0.05, 0.1) is 30.1 Å². The van der Waals surface area contributed by atoms with Crippen molar-refractivity contribution in [2.24, 2.45) is 0 Å². The molecule has 1 amide bonds. The fourth-order valence-electron chi connectivity index (χ4n) is 3.11. The van der Waals surface area contributed by atoms with Gasteiger partial charge in [-0.25, -0.2) is 4.98 Å². The maximum atomic E-state index is 12.5. The Kier molecular flexibility index (Phi) is 4.82. The summed E-state index contributed by atoms with van der Waals surface area (Å²) < 4.78 is 5.31. The van der Waals surface area contributed by atoms with E-state index in [9.17, 15) is 4.79 Å². The maximum Gasteiger partial charge on any atom is 0.236 e. The quantitative estimate of drug-likeness (QED) is 0.844. The monoisotopic (exact) mass is 333 g/mol. The molecular formula is C17H23N3O2S. The van der Waals surface area contributed by atoms with E-state index in [0.717, 1.165) is 30.0 Å². The zero-order valence-electron chi connectivity index (χ0n) is 13.9. The average Bonchev–Trinajstić information content (AvgIpc) is 3.14. The number of nitrogens with zero attached hydrogens (tertiary/aromatic N) is 3. The Morgan fingerprint density at radius 1 is 1.48 bits per heavy atom. The van der Waals surface area contributed by atoms with E-state index in [1.165, 1.54) is 10.6 Å². The molecule has 2 heterocycles. The Morgan fingerprint density at radius 2 is 2.30 bits per heavy atom. The van der Waals surface area contributed by atoms with Gasteiger partial charge < -0.3 is 9.32 Å². The second-order valence-corrected chi connectivity index (χ2v) is 7.43. The van der Waals surface area contributed by atoms with E-state index in [4.69, 9.17) is 4.42 Å². The third kappa shape index (κ3) is 3.64. The molecule has 5 nitrogen and oxygen atoms in total. The molecule has 2 aromatic heterocycles. The highest BCUT2D eigenvalue weighted by atomic mass is 32.1. The maximum absolute atomic E-state index is 12.5. The Hall–Kier alpha value is -1.66. The fourth-order valence-corrected chi connectivity index (χ4v) is 4.28. The number of thiazole rings is 1. The van der Waals surface area contributed by atoms with E-state index < -0.39 is 0 Å². The number of furan rings is 1. The van der Waals surface area contributed by atoms with Crippen LogP contribution in [0.2, 0.25) is 0 Å². The predicted molar refractivity (Wildman–Crippen MR) is 90.3 cm³/mol. The molecule has 124 valence electrons. The molecule has 0 aromatic carbocycles. The minimum Gasteiger partial charge on any atom is -0.467 e. The fraction of sp³-hybridized carbons (Fsp3) is 0.529. The van der Waals surface area contributed by atoms with Gasteiger partial charge in [0.1, 0.15) is 5.76 Å².